The topological polar surface area (TPSA) is 82.8 Å². The molecule has 0 spiro atoms. The summed E-state index contributed by atoms with van der Waals surface area (Å²) in [7, 11) is 3.24. The van der Waals surface area contributed by atoms with E-state index in [0.717, 1.165) is 16.8 Å². The van der Waals surface area contributed by atoms with Gasteiger partial charge in [0.15, 0.2) is 11.5 Å². The van der Waals surface area contributed by atoms with E-state index in [9.17, 15) is 9.90 Å². The molecule has 1 aromatic heterocycles. The van der Waals surface area contributed by atoms with Crippen LogP contribution >= 0.6 is 0 Å². The minimum absolute atomic E-state index is 0.0687. The summed E-state index contributed by atoms with van der Waals surface area (Å²) in [6.45, 7) is 9.70. The van der Waals surface area contributed by atoms with Crippen LogP contribution in [0.25, 0.3) is 22.5 Å². The van der Waals surface area contributed by atoms with Crippen LogP contribution < -0.4 is 14.2 Å². The Kier molecular flexibility index (Phi) is 8.21. The van der Waals surface area contributed by atoms with E-state index in [1.165, 1.54) is 0 Å². The van der Waals surface area contributed by atoms with E-state index < -0.39 is 5.97 Å². The average Bonchev–Trinajstić information content (AvgIpc) is 3.19. The molecule has 0 aliphatic heterocycles. The average molecular weight is 467 g/mol. The van der Waals surface area contributed by atoms with Gasteiger partial charge in [-0.2, -0.15) is 5.10 Å². The molecule has 1 N–H and O–H groups in total. The predicted molar refractivity (Wildman–Crippen MR) is 133 cm³/mol. The van der Waals surface area contributed by atoms with Crippen molar-refractivity contribution in [1.29, 1.82) is 0 Å². The number of aromatic nitrogens is 2. The Morgan fingerprint density at radius 3 is 2.35 bits per heavy atom. The molecule has 0 atom stereocenters. The van der Waals surface area contributed by atoms with E-state index in [4.69, 9.17) is 19.3 Å². The number of para-hydroxylation sites is 1. The Morgan fingerprint density at radius 2 is 1.74 bits per heavy atom. The van der Waals surface area contributed by atoms with Gasteiger partial charge in [-0.1, -0.05) is 39.8 Å². The first-order valence-electron chi connectivity index (χ1n) is 11.5. The van der Waals surface area contributed by atoms with Crippen molar-refractivity contribution in [2.24, 2.45) is 11.8 Å². The molecule has 0 amide bonds. The minimum atomic E-state index is -0.881. The number of aliphatic carboxylic acids is 1. The molecule has 3 aromatic rings. The first-order chi connectivity index (χ1) is 16.2. The second kappa shape index (κ2) is 11.1. The van der Waals surface area contributed by atoms with Gasteiger partial charge < -0.3 is 19.3 Å². The molecule has 0 unspecified atom stereocenters. The summed E-state index contributed by atoms with van der Waals surface area (Å²) in [6, 6.07) is 13.3. The summed E-state index contributed by atoms with van der Waals surface area (Å²) in [6.07, 6.45) is -0.0687. The maximum absolute atomic E-state index is 11.3. The van der Waals surface area contributed by atoms with E-state index in [0.29, 0.717) is 53.5 Å². The second-order valence-electron chi connectivity index (χ2n) is 9.14. The SMILES string of the molecule is COc1cccc(-c2cc(-c3cc(CC(=O)O)ccc3OCC(C)C)nn2CC(C)C)c1OC. The number of nitrogens with zero attached hydrogens (tertiary/aromatic N) is 2. The van der Waals surface area contributed by atoms with Crippen molar-refractivity contribution in [3.05, 3.63) is 48.0 Å². The molecular formula is C27H34N2O5. The molecule has 1 heterocycles. The Morgan fingerprint density at radius 1 is 0.971 bits per heavy atom. The molecule has 0 aliphatic carbocycles. The molecule has 0 bridgehead atoms. The number of hydrogen-bond donors (Lipinski definition) is 1. The molecule has 2 aromatic carbocycles. The quantitative estimate of drug-likeness (QED) is 0.399. The molecular weight excluding hydrogens is 432 g/mol. The lowest BCUT2D eigenvalue weighted by atomic mass is 10.0. The van der Waals surface area contributed by atoms with Crippen molar-refractivity contribution in [2.45, 2.75) is 40.7 Å². The zero-order valence-corrected chi connectivity index (χ0v) is 20.8. The van der Waals surface area contributed by atoms with Crippen molar-refractivity contribution in [3.63, 3.8) is 0 Å². The lowest BCUT2D eigenvalue weighted by Crippen LogP contribution is -2.09. The van der Waals surface area contributed by atoms with Crippen LogP contribution in [0, 0.1) is 11.8 Å². The summed E-state index contributed by atoms with van der Waals surface area (Å²) in [4.78, 5) is 11.3. The third-order valence-electron chi connectivity index (χ3n) is 5.24. The van der Waals surface area contributed by atoms with Gasteiger partial charge in [0.25, 0.3) is 0 Å². The number of methoxy groups -OCH3 is 2. The number of carboxylic acid groups (broad SMARTS) is 1. The van der Waals surface area contributed by atoms with Gasteiger partial charge in [0.1, 0.15) is 5.75 Å². The number of carbonyl (C=O) groups is 1. The lowest BCUT2D eigenvalue weighted by molar-refractivity contribution is -0.136. The predicted octanol–water partition coefficient (Wildman–Crippen LogP) is 5.55. The van der Waals surface area contributed by atoms with Crippen molar-refractivity contribution in [2.75, 3.05) is 20.8 Å². The molecule has 3 rings (SSSR count). The highest BCUT2D eigenvalue weighted by Crippen LogP contribution is 2.40. The van der Waals surface area contributed by atoms with Crippen molar-refractivity contribution in [3.8, 4) is 39.8 Å². The van der Waals surface area contributed by atoms with Crippen LogP contribution in [-0.2, 0) is 17.8 Å². The van der Waals surface area contributed by atoms with Gasteiger partial charge in [-0.15, -0.1) is 0 Å². The fourth-order valence-corrected chi connectivity index (χ4v) is 3.78. The van der Waals surface area contributed by atoms with Gasteiger partial charge in [-0.25, -0.2) is 0 Å². The van der Waals surface area contributed by atoms with E-state index in [1.54, 1.807) is 20.3 Å². The molecule has 7 heteroatoms. The molecule has 182 valence electrons. The van der Waals surface area contributed by atoms with Gasteiger partial charge in [0, 0.05) is 17.7 Å². The molecule has 0 fully saturated rings. The maximum atomic E-state index is 11.3. The molecule has 0 saturated heterocycles. The van der Waals surface area contributed by atoms with E-state index >= 15 is 0 Å². The Bertz CT molecular complexity index is 1130. The highest BCUT2D eigenvalue weighted by Gasteiger charge is 2.21. The normalized spacial score (nSPS) is 11.2. The first kappa shape index (κ1) is 25.1. The molecule has 34 heavy (non-hydrogen) atoms. The molecule has 0 aliphatic rings. The summed E-state index contributed by atoms with van der Waals surface area (Å²) >= 11 is 0. The fraction of sp³-hybridized carbons (Fsp3) is 0.407. The second-order valence-corrected chi connectivity index (χ2v) is 9.14. The van der Waals surface area contributed by atoms with E-state index in [2.05, 4.69) is 27.7 Å². The largest absolute Gasteiger partial charge is 0.493 e. The maximum Gasteiger partial charge on any atom is 0.307 e. The lowest BCUT2D eigenvalue weighted by Gasteiger charge is -2.15. The minimum Gasteiger partial charge on any atom is -0.493 e. The summed E-state index contributed by atoms with van der Waals surface area (Å²) in [5.41, 5.74) is 3.93. The highest BCUT2D eigenvalue weighted by molar-refractivity contribution is 5.78. The van der Waals surface area contributed by atoms with Gasteiger partial charge in [-0.05, 0) is 47.7 Å². The monoisotopic (exact) mass is 466 g/mol. The summed E-state index contributed by atoms with van der Waals surface area (Å²) in [5, 5.41) is 14.2. The van der Waals surface area contributed by atoms with Gasteiger partial charge in [-0.3, -0.25) is 9.48 Å². The van der Waals surface area contributed by atoms with Gasteiger partial charge >= 0.3 is 5.97 Å². The molecule has 0 radical (unpaired) electrons. The van der Waals surface area contributed by atoms with Crippen molar-refractivity contribution >= 4 is 5.97 Å². The van der Waals surface area contributed by atoms with Crippen LogP contribution in [0.2, 0.25) is 0 Å². The van der Waals surface area contributed by atoms with Crippen LogP contribution in [0.4, 0.5) is 0 Å². The number of ether oxygens (including phenoxy) is 3. The van der Waals surface area contributed by atoms with Crippen LogP contribution in [0.3, 0.4) is 0 Å². The number of hydrogen-bond acceptors (Lipinski definition) is 5. The number of rotatable bonds is 11. The molecule has 0 saturated carbocycles. The zero-order chi connectivity index (χ0) is 24.8. The zero-order valence-electron chi connectivity index (χ0n) is 20.8. The molecule has 7 nitrogen and oxygen atoms in total. The Labute approximate surface area is 201 Å². The Balaban J connectivity index is 2.19. The standard InChI is InChI=1S/C27H34N2O5/c1-17(2)15-29-23(20-8-7-9-25(32-5)27(20)33-6)14-22(28-29)21-12-19(13-26(30)31)10-11-24(21)34-16-18(3)4/h7-12,14,17-18H,13,15-16H2,1-6H3,(H,30,31). The third kappa shape index (κ3) is 5.90. The number of carboxylic acids is 1. The fourth-order valence-electron chi connectivity index (χ4n) is 3.78. The van der Waals surface area contributed by atoms with Crippen molar-refractivity contribution < 1.29 is 24.1 Å². The van der Waals surface area contributed by atoms with Crippen LogP contribution in [0.15, 0.2) is 42.5 Å². The number of benzene rings is 2. The summed E-state index contributed by atoms with van der Waals surface area (Å²) < 4.78 is 19.3. The first-order valence-corrected chi connectivity index (χ1v) is 11.5. The van der Waals surface area contributed by atoms with Gasteiger partial charge in [0.2, 0.25) is 0 Å². The van der Waals surface area contributed by atoms with Crippen LogP contribution in [0.1, 0.15) is 33.3 Å². The van der Waals surface area contributed by atoms with Crippen LogP contribution in [0.5, 0.6) is 17.2 Å². The summed E-state index contributed by atoms with van der Waals surface area (Å²) in [5.74, 6) is 1.79. The van der Waals surface area contributed by atoms with E-state index in [-0.39, 0.29) is 6.42 Å². The van der Waals surface area contributed by atoms with Gasteiger partial charge in [0.05, 0.1) is 38.6 Å². The van der Waals surface area contributed by atoms with E-state index in [1.807, 2.05) is 41.1 Å². The van der Waals surface area contributed by atoms with Crippen LogP contribution in [-0.4, -0.2) is 41.7 Å². The Hall–Kier alpha value is -3.48. The highest BCUT2D eigenvalue weighted by atomic mass is 16.5. The smallest absolute Gasteiger partial charge is 0.307 e. The third-order valence-corrected chi connectivity index (χ3v) is 5.24. The van der Waals surface area contributed by atoms with Crippen molar-refractivity contribution in [1.82, 2.24) is 9.78 Å².